The monoisotopic (exact) mass is 427 g/mol. The Morgan fingerprint density at radius 2 is 1.52 bits per heavy atom. The van der Waals surface area contributed by atoms with Crippen molar-refractivity contribution in [3.05, 3.63) is 35.4 Å². The van der Waals surface area contributed by atoms with Crippen molar-refractivity contribution in [2.75, 3.05) is 39.4 Å². The number of hydrogen-bond acceptors (Lipinski definition) is 6. The second-order valence-corrected chi connectivity index (χ2v) is 8.88. The van der Waals surface area contributed by atoms with E-state index in [-0.39, 0.29) is 12.1 Å². The largest absolute Gasteiger partial charge is 0.465 e. The molecule has 1 atom stereocenters. The summed E-state index contributed by atoms with van der Waals surface area (Å²) in [5.74, 6) is -0.184. The van der Waals surface area contributed by atoms with Crippen LogP contribution in [0.1, 0.15) is 25.0 Å². The number of carbonyl (C=O) groups is 2. The summed E-state index contributed by atoms with van der Waals surface area (Å²) >= 11 is 0. The van der Waals surface area contributed by atoms with Crippen molar-refractivity contribution in [3.8, 4) is 0 Å². The smallest absolute Gasteiger partial charge is 0.407 e. The molecular weight excluding hydrogens is 397 g/mol. The van der Waals surface area contributed by atoms with Crippen molar-refractivity contribution in [3.63, 3.8) is 0 Å². The van der Waals surface area contributed by atoms with Gasteiger partial charge in [-0.3, -0.25) is 9.36 Å². The fourth-order valence-corrected chi connectivity index (χ4v) is 4.92. The lowest BCUT2D eigenvalue weighted by Gasteiger charge is -2.34. The molecule has 0 bridgehead atoms. The first-order valence-electron chi connectivity index (χ1n) is 9.76. The van der Waals surface area contributed by atoms with Gasteiger partial charge in [0.05, 0.1) is 25.4 Å². The second-order valence-electron chi connectivity index (χ2n) is 6.83. The molecular formula is C19H30N3O6P. The average Bonchev–Trinajstić information content (AvgIpc) is 2.69. The van der Waals surface area contributed by atoms with E-state index in [0.717, 1.165) is 11.1 Å². The first-order chi connectivity index (χ1) is 13.8. The summed E-state index contributed by atoms with van der Waals surface area (Å²) in [5.41, 5.74) is 7.80. The molecule has 1 aromatic carbocycles. The first-order valence-corrected chi connectivity index (χ1v) is 11.5. The number of nitrogens with zero attached hydrogens (tertiary/aromatic N) is 2. The Morgan fingerprint density at radius 3 is 2.00 bits per heavy atom. The highest BCUT2D eigenvalue weighted by Gasteiger charge is 2.27. The standard InChI is InChI=1S/C19H30N3O6P/c1-3-27-29(26,28-4-2)14-16-7-5-15(6-8-16)13-17(20)18(23)21-9-11-22(12-10-21)19(24)25/h5-8,17H,3-4,9-14,20H2,1-2H3,(H,24,25)/t17-/m0/s1. The summed E-state index contributed by atoms with van der Waals surface area (Å²) in [6, 6.07) is 6.68. The van der Waals surface area contributed by atoms with E-state index in [4.69, 9.17) is 19.9 Å². The molecule has 0 aromatic heterocycles. The summed E-state index contributed by atoms with van der Waals surface area (Å²) in [5, 5.41) is 8.98. The van der Waals surface area contributed by atoms with Gasteiger partial charge in [0.15, 0.2) is 0 Å². The van der Waals surface area contributed by atoms with Crippen LogP contribution >= 0.6 is 7.60 Å². The molecule has 0 saturated carbocycles. The number of carbonyl (C=O) groups excluding carboxylic acids is 1. The van der Waals surface area contributed by atoms with E-state index in [1.165, 1.54) is 4.90 Å². The third kappa shape index (κ3) is 6.82. The number of rotatable bonds is 9. The van der Waals surface area contributed by atoms with Crippen molar-refractivity contribution in [2.45, 2.75) is 32.5 Å². The minimum Gasteiger partial charge on any atom is -0.465 e. The van der Waals surface area contributed by atoms with E-state index >= 15 is 0 Å². The van der Waals surface area contributed by atoms with Gasteiger partial charge in [0.1, 0.15) is 0 Å². The van der Waals surface area contributed by atoms with Gasteiger partial charge in [-0.15, -0.1) is 0 Å². The highest BCUT2D eigenvalue weighted by Crippen LogP contribution is 2.51. The molecule has 1 aliphatic rings. The molecule has 3 N–H and O–H groups in total. The fraction of sp³-hybridized carbons (Fsp3) is 0.579. The maximum absolute atomic E-state index is 12.6. The summed E-state index contributed by atoms with van der Waals surface area (Å²) in [6.07, 6.45) is -0.416. The Hall–Kier alpha value is -1.93. The lowest BCUT2D eigenvalue weighted by atomic mass is 10.0. The Kier molecular flexibility index (Phi) is 8.64. The topological polar surface area (TPSA) is 122 Å². The Bertz CT molecular complexity index is 724. The maximum Gasteiger partial charge on any atom is 0.407 e. The van der Waals surface area contributed by atoms with Crippen LogP contribution in [0.2, 0.25) is 0 Å². The molecule has 0 radical (unpaired) electrons. The molecule has 0 aliphatic carbocycles. The second kappa shape index (κ2) is 10.7. The van der Waals surface area contributed by atoms with Crippen molar-refractivity contribution in [1.82, 2.24) is 9.80 Å². The zero-order valence-electron chi connectivity index (χ0n) is 17.0. The van der Waals surface area contributed by atoms with Gasteiger partial charge in [-0.2, -0.15) is 0 Å². The molecule has 9 nitrogen and oxygen atoms in total. The molecule has 1 aromatic rings. The van der Waals surface area contributed by atoms with Crippen LogP contribution in [-0.2, 0) is 31.0 Å². The third-order valence-corrected chi connectivity index (χ3v) is 6.74. The maximum atomic E-state index is 12.6. The SMILES string of the molecule is CCOP(=O)(Cc1ccc(C[C@H](N)C(=O)N2CCN(C(=O)O)CC2)cc1)OCC. The quantitative estimate of drug-likeness (QED) is 0.579. The number of amides is 2. The predicted octanol–water partition coefficient (Wildman–Crippen LogP) is 2.14. The molecule has 29 heavy (non-hydrogen) atoms. The Balaban J connectivity index is 1.91. The average molecular weight is 427 g/mol. The van der Waals surface area contributed by atoms with Gasteiger partial charge in [0.2, 0.25) is 5.91 Å². The summed E-state index contributed by atoms with van der Waals surface area (Å²) in [4.78, 5) is 26.4. The molecule has 2 rings (SSSR count). The molecule has 0 spiro atoms. The highest BCUT2D eigenvalue weighted by atomic mass is 31.2. The minimum absolute atomic E-state index is 0.184. The van der Waals surface area contributed by atoms with E-state index in [0.29, 0.717) is 45.8 Å². The van der Waals surface area contributed by atoms with E-state index in [1.54, 1.807) is 18.7 Å². The van der Waals surface area contributed by atoms with E-state index in [1.807, 2.05) is 24.3 Å². The Labute approximate surface area is 171 Å². The van der Waals surface area contributed by atoms with Crippen LogP contribution in [0.3, 0.4) is 0 Å². The molecule has 0 unspecified atom stereocenters. The van der Waals surface area contributed by atoms with Gasteiger partial charge < -0.3 is 29.7 Å². The van der Waals surface area contributed by atoms with Gasteiger partial charge >= 0.3 is 13.7 Å². The molecule has 1 heterocycles. The van der Waals surface area contributed by atoms with Crippen LogP contribution in [0.15, 0.2) is 24.3 Å². The molecule has 1 fully saturated rings. The van der Waals surface area contributed by atoms with Gasteiger partial charge in [-0.1, -0.05) is 24.3 Å². The zero-order chi connectivity index (χ0) is 21.4. The van der Waals surface area contributed by atoms with Crippen LogP contribution < -0.4 is 5.73 Å². The number of nitrogens with two attached hydrogens (primary N) is 1. The van der Waals surface area contributed by atoms with Crippen molar-refractivity contribution in [1.29, 1.82) is 0 Å². The lowest BCUT2D eigenvalue weighted by molar-refractivity contribution is -0.134. The third-order valence-electron chi connectivity index (χ3n) is 4.69. The molecule has 10 heteroatoms. The van der Waals surface area contributed by atoms with Gasteiger partial charge in [-0.25, -0.2) is 4.79 Å². The van der Waals surface area contributed by atoms with Crippen molar-refractivity contribution >= 4 is 19.6 Å². The number of carboxylic acid groups (broad SMARTS) is 1. The van der Waals surface area contributed by atoms with E-state index in [9.17, 15) is 14.2 Å². The lowest BCUT2D eigenvalue weighted by Crippen LogP contribution is -2.54. The fourth-order valence-electron chi connectivity index (χ4n) is 3.22. The predicted molar refractivity (Wildman–Crippen MR) is 109 cm³/mol. The molecule has 1 saturated heterocycles. The highest BCUT2D eigenvalue weighted by molar-refractivity contribution is 7.53. The summed E-state index contributed by atoms with van der Waals surface area (Å²) in [7, 11) is -3.16. The van der Waals surface area contributed by atoms with Crippen molar-refractivity contribution < 1.29 is 28.3 Å². The van der Waals surface area contributed by atoms with E-state index < -0.39 is 19.7 Å². The minimum atomic E-state index is -3.16. The number of benzene rings is 1. The van der Waals surface area contributed by atoms with Crippen LogP contribution in [0.5, 0.6) is 0 Å². The van der Waals surface area contributed by atoms with Crippen LogP contribution in [0.25, 0.3) is 0 Å². The van der Waals surface area contributed by atoms with Gasteiger partial charge in [-0.05, 0) is 31.4 Å². The molecule has 162 valence electrons. The number of hydrogen-bond donors (Lipinski definition) is 2. The van der Waals surface area contributed by atoms with Crippen molar-refractivity contribution in [2.24, 2.45) is 5.73 Å². The molecule has 2 amide bonds. The van der Waals surface area contributed by atoms with Crippen LogP contribution in [0.4, 0.5) is 4.79 Å². The molecule has 1 aliphatic heterocycles. The summed E-state index contributed by atoms with van der Waals surface area (Å²) < 4.78 is 23.2. The summed E-state index contributed by atoms with van der Waals surface area (Å²) in [6.45, 7) is 5.46. The number of piperazine rings is 1. The zero-order valence-corrected chi connectivity index (χ0v) is 17.8. The van der Waals surface area contributed by atoms with Crippen LogP contribution in [0, 0.1) is 0 Å². The van der Waals surface area contributed by atoms with Gasteiger partial charge in [0.25, 0.3) is 0 Å². The van der Waals surface area contributed by atoms with Gasteiger partial charge in [0, 0.05) is 26.2 Å². The van der Waals surface area contributed by atoms with Crippen LogP contribution in [-0.4, -0.2) is 72.3 Å². The van der Waals surface area contributed by atoms with E-state index in [2.05, 4.69) is 0 Å². The normalized spacial score (nSPS) is 16.0. The first kappa shape index (κ1) is 23.3. The Morgan fingerprint density at radius 1 is 1.03 bits per heavy atom.